The molecule has 2 N–H and O–H groups in total. The van der Waals surface area contributed by atoms with Crippen LogP contribution in [0.1, 0.15) is 35.7 Å². The minimum Gasteiger partial charge on any atom is -0.440 e. The van der Waals surface area contributed by atoms with Gasteiger partial charge in [-0.2, -0.15) is 0 Å². The monoisotopic (exact) mass is 231 g/mol. The van der Waals surface area contributed by atoms with Gasteiger partial charge in [-0.15, -0.1) is 0 Å². The molecular formula is C13H13NO3. The van der Waals surface area contributed by atoms with Gasteiger partial charge in [-0.1, -0.05) is 19.9 Å². The standard InChI is InChI=1S/C13H13NO3/c1-7(2)8-3-4-11-9(5-8)12(16)10(6-15)13(14)17-11/h3-7H,14H2,1-2H3. The molecule has 4 nitrogen and oxygen atoms in total. The van der Waals surface area contributed by atoms with Gasteiger partial charge in [0, 0.05) is 0 Å². The molecule has 0 fully saturated rings. The molecule has 0 radical (unpaired) electrons. The van der Waals surface area contributed by atoms with Gasteiger partial charge < -0.3 is 10.2 Å². The SMILES string of the molecule is CC(C)c1ccc2oc(N)c(C=O)c(=O)c2c1. The van der Waals surface area contributed by atoms with Crippen molar-refractivity contribution < 1.29 is 9.21 Å². The number of hydrogen-bond acceptors (Lipinski definition) is 4. The maximum Gasteiger partial charge on any atom is 0.205 e. The van der Waals surface area contributed by atoms with Crippen molar-refractivity contribution >= 4 is 23.1 Å². The average molecular weight is 231 g/mol. The average Bonchev–Trinajstić information content (AvgIpc) is 2.29. The molecule has 0 unspecified atom stereocenters. The molecule has 0 aliphatic carbocycles. The molecule has 88 valence electrons. The van der Waals surface area contributed by atoms with Gasteiger partial charge >= 0.3 is 0 Å². The zero-order valence-corrected chi connectivity index (χ0v) is 9.69. The molecular weight excluding hydrogens is 218 g/mol. The van der Waals surface area contributed by atoms with E-state index in [-0.39, 0.29) is 16.9 Å². The van der Waals surface area contributed by atoms with Crippen molar-refractivity contribution in [2.24, 2.45) is 0 Å². The van der Waals surface area contributed by atoms with Crippen LogP contribution in [0.25, 0.3) is 11.0 Å². The molecule has 0 atom stereocenters. The second-order valence-corrected chi connectivity index (χ2v) is 4.24. The van der Waals surface area contributed by atoms with Crippen LogP contribution in [0.15, 0.2) is 27.4 Å². The van der Waals surface area contributed by atoms with Crippen molar-refractivity contribution in [1.82, 2.24) is 0 Å². The van der Waals surface area contributed by atoms with Gasteiger partial charge in [0.1, 0.15) is 11.1 Å². The first kappa shape index (κ1) is 11.4. The number of benzene rings is 1. The zero-order chi connectivity index (χ0) is 12.6. The minimum atomic E-state index is -0.374. The van der Waals surface area contributed by atoms with Crippen LogP contribution >= 0.6 is 0 Å². The van der Waals surface area contributed by atoms with Gasteiger partial charge in [-0.05, 0) is 23.6 Å². The number of nitrogens with two attached hydrogens (primary N) is 1. The lowest BCUT2D eigenvalue weighted by Crippen LogP contribution is -2.12. The molecule has 2 rings (SSSR count). The Labute approximate surface area is 98.0 Å². The Balaban J connectivity index is 2.85. The van der Waals surface area contributed by atoms with E-state index in [4.69, 9.17) is 10.2 Å². The Kier molecular flexibility index (Phi) is 2.71. The summed E-state index contributed by atoms with van der Waals surface area (Å²) in [6.07, 6.45) is 0.433. The van der Waals surface area contributed by atoms with E-state index in [2.05, 4.69) is 0 Å². The van der Waals surface area contributed by atoms with E-state index in [1.165, 1.54) is 0 Å². The van der Waals surface area contributed by atoms with Gasteiger partial charge in [0.05, 0.1) is 5.39 Å². The van der Waals surface area contributed by atoms with Crippen molar-refractivity contribution in [2.45, 2.75) is 19.8 Å². The van der Waals surface area contributed by atoms with E-state index in [9.17, 15) is 9.59 Å². The molecule has 0 aliphatic rings. The Bertz CT molecular complexity index is 641. The molecule has 1 aromatic carbocycles. The molecule has 17 heavy (non-hydrogen) atoms. The highest BCUT2D eigenvalue weighted by Gasteiger charge is 2.12. The molecule has 1 heterocycles. The first-order valence-corrected chi connectivity index (χ1v) is 5.36. The van der Waals surface area contributed by atoms with Gasteiger partial charge in [0.25, 0.3) is 0 Å². The zero-order valence-electron chi connectivity index (χ0n) is 9.69. The smallest absolute Gasteiger partial charge is 0.205 e. The topological polar surface area (TPSA) is 73.3 Å². The molecule has 0 spiro atoms. The Morgan fingerprint density at radius 1 is 1.35 bits per heavy atom. The summed E-state index contributed by atoms with van der Waals surface area (Å²) < 4.78 is 5.25. The summed E-state index contributed by atoms with van der Waals surface area (Å²) in [5.74, 6) is 0.172. The lowest BCUT2D eigenvalue weighted by atomic mass is 10.0. The third-order valence-corrected chi connectivity index (χ3v) is 2.76. The van der Waals surface area contributed by atoms with E-state index in [1.54, 1.807) is 12.1 Å². The summed E-state index contributed by atoms with van der Waals surface area (Å²) in [5.41, 5.74) is 6.44. The van der Waals surface area contributed by atoms with Gasteiger partial charge in [-0.3, -0.25) is 9.59 Å². The van der Waals surface area contributed by atoms with Crippen LogP contribution in [0.2, 0.25) is 0 Å². The van der Waals surface area contributed by atoms with Crippen LogP contribution in [-0.2, 0) is 0 Å². The molecule has 0 saturated heterocycles. The number of fused-ring (bicyclic) bond motifs is 1. The maximum absolute atomic E-state index is 12.0. The van der Waals surface area contributed by atoms with Crippen LogP contribution in [0, 0.1) is 0 Å². The molecule has 1 aromatic heterocycles. The first-order chi connectivity index (χ1) is 8.04. The van der Waals surface area contributed by atoms with Gasteiger partial charge in [-0.25, -0.2) is 0 Å². The number of hydrogen-bond donors (Lipinski definition) is 1. The predicted octanol–water partition coefficient (Wildman–Crippen LogP) is 2.31. The van der Waals surface area contributed by atoms with Crippen molar-refractivity contribution in [1.29, 1.82) is 0 Å². The molecule has 0 bridgehead atoms. The summed E-state index contributed by atoms with van der Waals surface area (Å²) in [6.45, 7) is 4.06. The lowest BCUT2D eigenvalue weighted by Gasteiger charge is -2.07. The van der Waals surface area contributed by atoms with Gasteiger partial charge in [0.15, 0.2) is 6.29 Å². The van der Waals surface area contributed by atoms with Crippen molar-refractivity contribution in [3.8, 4) is 0 Å². The van der Waals surface area contributed by atoms with Crippen LogP contribution in [0.4, 0.5) is 5.88 Å². The van der Waals surface area contributed by atoms with Crippen LogP contribution in [0.5, 0.6) is 0 Å². The van der Waals surface area contributed by atoms with Crippen molar-refractivity contribution in [3.05, 3.63) is 39.5 Å². The van der Waals surface area contributed by atoms with Crippen LogP contribution < -0.4 is 11.2 Å². The molecule has 0 saturated carbocycles. The summed E-state index contributed by atoms with van der Waals surface area (Å²) in [4.78, 5) is 22.8. The van der Waals surface area contributed by atoms with E-state index in [0.29, 0.717) is 23.2 Å². The Morgan fingerprint density at radius 3 is 2.65 bits per heavy atom. The fourth-order valence-corrected chi connectivity index (χ4v) is 1.72. The van der Waals surface area contributed by atoms with Crippen molar-refractivity contribution in [3.63, 3.8) is 0 Å². The van der Waals surface area contributed by atoms with E-state index in [1.807, 2.05) is 19.9 Å². The summed E-state index contributed by atoms with van der Waals surface area (Å²) in [5, 5.41) is 0.396. The highest BCUT2D eigenvalue weighted by Crippen LogP contribution is 2.21. The highest BCUT2D eigenvalue weighted by atomic mass is 16.3. The maximum atomic E-state index is 12.0. The third kappa shape index (κ3) is 1.82. The predicted molar refractivity (Wildman–Crippen MR) is 66.4 cm³/mol. The number of carbonyl (C=O) groups excluding carboxylic acids is 1. The second kappa shape index (κ2) is 4.05. The van der Waals surface area contributed by atoms with E-state index in [0.717, 1.165) is 5.56 Å². The first-order valence-electron chi connectivity index (χ1n) is 5.36. The molecule has 2 aromatic rings. The van der Waals surface area contributed by atoms with Crippen LogP contribution in [0.3, 0.4) is 0 Å². The number of rotatable bonds is 2. The van der Waals surface area contributed by atoms with Gasteiger partial charge in [0.2, 0.25) is 11.3 Å². The van der Waals surface area contributed by atoms with Crippen LogP contribution in [-0.4, -0.2) is 6.29 Å². The summed E-state index contributed by atoms with van der Waals surface area (Å²) in [7, 11) is 0. The van der Waals surface area contributed by atoms with E-state index >= 15 is 0 Å². The normalized spacial score (nSPS) is 11.0. The Morgan fingerprint density at radius 2 is 2.06 bits per heavy atom. The van der Waals surface area contributed by atoms with E-state index < -0.39 is 0 Å². The number of aldehydes is 1. The molecule has 0 amide bonds. The highest BCUT2D eigenvalue weighted by molar-refractivity contribution is 5.89. The molecule has 0 aliphatic heterocycles. The third-order valence-electron chi connectivity index (χ3n) is 2.76. The summed E-state index contributed by atoms with van der Waals surface area (Å²) in [6, 6.07) is 5.34. The number of carbonyl (C=O) groups is 1. The lowest BCUT2D eigenvalue weighted by molar-refractivity contribution is 0.112. The second-order valence-electron chi connectivity index (χ2n) is 4.24. The van der Waals surface area contributed by atoms with Crippen molar-refractivity contribution in [2.75, 3.05) is 5.73 Å². The largest absolute Gasteiger partial charge is 0.440 e. The number of nitrogen functional groups attached to an aromatic ring is 1. The quantitative estimate of drug-likeness (QED) is 0.805. The number of anilines is 1. The fraction of sp³-hybridized carbons (Fsp3) is 0.231. The Hall–Kier alpha value is -2.10. The fourth-order valence-electron chi connectivity index (χ4n) is 1.72. The minimum absolute atomic E-state index is 0.113. The summed E-state index contributed by atoms with van der Waals surface area (Å²) >= 11 is 0. The molecule has 4 heteroatoms.